The summed E-state index contributed by atoms with van der Waals surface area (Å²) in [7, 11) is 0. The van der Waals surface area contributed by atoms with Crippen LogP contribution in [0, 0.1) is 6.92 Å². The fraction of sp³-hybridized carbons (Fsp3) is 0.0800. The molecule has 0 aliphatic rings. The zero-order chi connectivity index (χ0) is 23.9. The van der Waals surface area contributed by atoms with E-state index in [-0.39, 0.29) is 5.69 Å². The zero-order valence-electron chi connectivity index (χ0n) is 17.8. The smallest absolute Gasteiger partial charge is 0.406 e. The number of H-pyrrole nitrogens is 1. The quantitative estimate of drug-likeness (QED) is 0.332. The number of carbonyl (C=O) groups is 1. The van der Waals surface area contributed by atoms with E-state index in [1.807, 2.05) is 31.2 Å². The van der Waals surface area contributed by atoms with Gasteiger partial charge >= 0.3 is 6.36 Å². The summed E-state index contributed by atoms with van der Waals surface area (Å²) in [5, 5.41) is 4.54. The second-order valence-corrected chi connectivity index (χ2v) is 7.73. The Morgan fingerprint density at radius 3 is 2.71 bits per heavy atom. The van der Waals surface area contributed by atoms with Crippen molar-refractivity contribution in [3.63, 3.8) is 0 Å². The van der Waals surface area contributed by atoms with Crippen molar-refractivity contribution in [2.75, 3.05) is 5.32 Å². The number of fused-ring (bicyclic) bond motifs is 3. The molecule has 5 aromatic rings. The van der Waals surface area contributed by atoms with Crippen LogP contribution in [0.25, 0.3) is 33.1 Å². The van der Waals surface area contributed by atoms with Gasteiger partial charge in [0.05, 0.1) is 0 Å². The number of nitrogens with one attached hydrogen (secondary N) is 2. The molecule has 0 spiro atoms. The first-order valence-corrected chi connectivity index (χ1v) is 10.3. The summed E-state index contributed by atoms with van der Waals surface area (Å²) in [6.45, 7) is 1.94. The Hall–Kier alpha value is -4.40. The summed E-state index contributed by atoms with van der Waals surface area (Å²) in [5.74, 6) is -0.862. The normalized spacial score (nSPS) is 11.6. The van der Waals surface area contributed by atoms with Crippen LogP contribution >= 0.6 is 0 Å². The molecule has 0 saturated heterocycles. The van der Waals surface area contributed by atoms with Crippen molar-refractivity contribution in [1.29, 1.82) is 0 Å². The number of halogens is 3. The first kappa shape index (κ1) is 21.4. The maximum atomic E-state index is 12.8. The van der Waals surface area contributed by atoms with Gasteiger partial charge in [-0.05, 0) is 53.9 Å². The van der Waals surface area contributed by atoms with Crippen molar-refractivity contribution in [1.82, 2.24) is 15.0 Å². The predicted octanol–water partition coefficient (Wildman–Crippen LogP) is 6.24. The van der Waals surface area contributed by atoms with Crippen molar-refractivity contribution in [2.45, 2.75) is 13.3 Å². The molecule has 9 heteroatoms. The molecular weight excluding hydrogens is 445 g/mol. The largest absolute Gasteiger partial charge is 0.573 e. The number of hydrogen-bond acceptors (Lipinski definition) is 4. The molecule has 2 heterocycles. The Kier molecular flexibility index (Phi) is 5.16. The minimum atomic E-state index is -4.81. The van der Waals surface area contributed by atoms with E-state index < -0.39 is 18.0 Å². The predicted molar refractivity (Wildman–Crippen MR) is 123 cm³/mol. The summed E-state index contributed by atoms with van der Waals surface area (Å²) >= 11 is 0. The lowest BCUT2D eigenvalue weighted by atomic mass is 9.97. The van der Waals surface area contributed by atoms with E-state index in [4.69, 9.17) is 0 Å². The van der Waals surface area contributed by atoms with Crippen molar-refractivity contribution < 1.29 is 22.7 Å². The number of hydrogen-bond donors (Lipinski definition) is 2. The number of amides is 1. The highest BCUT2D eigenvalue weighted by molar-refractivity contribution is 6.07. The summed E-state index contributed by atoms with van der Waals surface area (Å²) in [5.41, 5.74) is 4.91. The van der Waals surface area contributed by atoms with Crippen LogP contribution in [-0.2, 0) is 0 Å². The van der Waals surface area contributed by atoms with Crippen LogP contribution in [0.3, 0.4) is 0 Å². The van der Waals surface area contributed by atoms with Gasteiger partial charge in [-0.3, -0.25) is 4.79 Å². The van der Waals surface area contributed by atoms with Crippen LogP contribution in [-0.4, -0.2) is 27.2 Å². The van der Waals surface area contributed by atoms with E-state index in [0.29, 0.717) is 5.56 Å². The molecule has 0 fully saturated rings. The lowest BCUT2D eigenvalue weighted by molar-refractivity contribution is -0.274. The fourth-order valence-electron chi connectivity index (χ4n) is 3.85. The van der Waals surface area contributed by atoms with Crippen molar-refractivity contribution >= 4 is 33.5 Å². The van der Waals surface area contributed by atoms with E-state index in [0.717, 1.165) is 44.7 Å². The minimum Gasteiger partial charge on any atom is -0.406 e. The summed E-state index contributed by atoms with van der Waals surface area (Å²) in [6, 6.07) is 16.3. The number of nitrogens with zero attached hydrogens (tertiary/aromatic N) is 2. The van der Waals surface area contributed by atoms with E-state index in [9.17, 15) is 18.0 Å². The van der Waals surface area contributed by atoms with Crippen LogP contribution in [0.4, 0.5) is 18.9 Å². The molecule has 0 unspecified atom stereocenters. The van der Waals surface area contributed by atoms with Gasteiger partial charge in [0.2, 0.25) is 0 Å². The Morgan fingerprint density at radius 1 is 1.03 bits per heavy atom. The molecule has 0 bridgehead atoms. The van der Waals surface area contributed by atoms with Gasteiger partial charge in [-0.2, -0.15) is 0 Å². The second kappa shape index (κ2) is 8.18. The third-order valence-electron chi connectivity index (χ3n) is 5.41. The molecular formula is C25H17F3N4O2. The monoisotopic (exact) mass is 462 g/mol. The lowest BCUT2D eigenvalue weighted by Gasteiger charge is -2.12. The number of aromatic amines is 1. The van der Waals surface area contributed by atoms with Crippen molar-refractivity contribution in [2.24, 2.45) is 0 Å². The van der Waals surface area contributed by atoms with Gasteiger partial charge in [0, 0.05) is 39.8 Å². The molecule has 34 heavy (non-hydrogen) atoms. The Labute approximate surface area is 191 Å². The SMILES string of the molecule is Cc1ccc(C(=O)Nc2cccc(OC(F)(F)F)c2)cc1-c1ccc2c(c1)[nH]c1ncncc12. The number of alkyl halides is 3. The van der Waals surface area contributed by atoms with Gasteiger partial charge in [0.25, 0.3) is 5.91 Å². The van der Waals surface area contributed by atoms with E-state index in [1.165, 1.54) is 24.5 Å². The Bertz CT molecular complexity index is 1540. The van der Waals surface area contributed by atoms with Crippen LogP contribution < -0.4 is 10.1 Å². The second-order valence-electron chi connectivity index (χ2n) is 7.73. The number of carbonyl (C=O) groups excluding carboxylic acids is 1. The standard InChI is InChI=1S/C25H17F3N4O2/c1-14-5-6-16(24(33)31-17-3-2-4-18(11-17)34-25(26,27)28)9-20(14)15-7-8-19-21-12-29-13-30-23(21)32-22(19)10-15/h2-13H,1H3,(H,31,33)(H,29,30,32). The van der Waals surface area contributed by atoms with Crippen molar-refractivity contribution in [3.05, 3.63) is 84.3 Å². The molecule has 3 aromatic carbocycles. The van der Waals surface area contributed by atoms with E-state index >= 15 is 0 Å². The molecule has 170 valence electrons. The number of anilines is 1. The average molecular weight is 462 g/mol. The van der Waals surface area contributed by atoms with Crippen LogP contribution in [0.1, 0.15) is 15.9 Å². The molecule has 0 atom stereocenters. The topological polar surface area (TPSA) is 79.9 Å². The van der Waals surface area contributed by atoms with Crippen LogP contribution in [0.2, 0.25) is 0 Å². The molecule has 0 aliphatic carbocycles. The zero-order valence-corrected chi connectivity index (χ0v) is 17.8. The Balaban J connectivity index is 1.44. The summed E-state index contributed by atoms with van der Waals surface area (Å²) in [6.07, 6.45) is -1.57. The molecule has 0 aliphatic heterocycles. The van der Waals surface area contributed by atoms with Gasteiger partial charge in [0.1, 0.15) is 17.7 Å². The minimum absolute atomic E-state index is 0.189. The number of benzene rings is 3. The molecule has 2 N–H and O–H groups in total. The molecule has 0 radical (unpaired) electrons. The number of aromatic nitrogens is 3. The van der Waals surface area contributed by atoms with Gasteiger partial charge in [0.15, 0.2) is 0 Å². The summed E-state index contributed by atoms with van der Waals surface area (Å²) < 4.78 is 41.4. The number of rotatable bonds is 4. The first-order chi connectivity index (χ1) is 16.3. The highest BCUT2D eigenvalue weighted by Gasteiger charge is 2.31. The van der Waals surface area contributed by atoms with Gasteiger partial charge in [-0.1, -0.05) is 24.3 Å². The Morgan fingerprint density at radius 2 is 1.88 bits per heavy atom. The van der Waals surface area contributed by atoms with Crippen LogP contribution in [0.15, 0.2) is 73.2 Å². The maximum Gasteiger partial charge on any atom is 0.573 e. The average Bonchev–Trinajstić information content (AvgIpc) is 3.16. The summed E-state index contributed by atoms with van der Waals surface area (Å²) in [4.78, 5) is 24.4. The highest BCUT2D eigenvalue weighted by Crippen LogP contribution is 2.31. The lowest BCUT2D eigenvalue weighted by Crippen LogP contribution is -2.17. The van der Waals surface area contributed by atoms with Crippen molar-refractivity contribution in [3.8, 4) is 16.9 Å². The van der Waals surface area contributed by atoms with Gasteiger partial charge in [-0.15, -0.1) is 13.2 Å². The third kappa shape index (κ3) is 4.27. The van der Waals surface area contributed by atoms with Gasteiger partial charge < -0.3 is 15.0 Å². The molecule has 1 amide bonds. The molecule has 5 rings (SSSR count). The highest BCUT2D eigenvalue weighted by atomic mass is 19.4. The molecule has 2 aromatic heterocycles. The van der Waals surface area contributed by atoms with Gasteiger partial charge in [-0.25, -0.2) is 9.97 Å². The fourth-order valence-corrected chi connectivity index (χ4v) is 3.85. The van der Waals surface area contributed by atoms with E-state index in [1.54, 1.807) is 18.3 Å². The van der Waals surface area contributed by atoms with E-state index in [2.05, 4.69) is 25.0 Å². The maximum absolute atomic E-state index is 12.8. The molecule has 6 nitrogen and oxygen atoms in total. The third-order valence-corrected chi connectivity index (χ3v) is 5.41. The molecule has 0 saturated carbocycles. The first-order valence-electron chi connectivity index (χ1n) is 10.3. The van der Waals surface area contributed by atoms with Crippen LogP contribution in [0.5, 0.6) is 5.75 Å². The number of aryl methyl sites for hydroxylation is 1. The number of ether oxygens (including phenoxy) is 1.